The van der Waals surface area contributed by atoms with E-state index in [9.17, 15) is 0 Å². The number of para-hydroxylation sites is 2. The van der Waals surface area contributed by atoms with Gasteiger partial charge in [0.1, 0.15) is 0 Å². The Morgan fingerprint density at radius 1 is 0.593 bits per heavy atom. The number of halogens is 2. The third-order valence-corrected chi connectivity index (χ3v) is 4.07. The van der Waals surface area contributed by atoms with Crippen LogP contribution in [0.25, 0.3) is 10.6 Å². The predicted molar refractivity (Wildman–Crippen MR) is 115 cm³/mol. The van der Waals surface area contributed by atoms with Crippen molar-refractivity contribution in [2.75, 3.05) is 0 Å². The van der Waals surface area contributed by atoms with Crippen LogP contribution in [0.2, 0.25) is 0 Å². The fourth-order valence-electron chi connectivity index (χ4n) is 2.77. The Labute approximate surface area is 179 Å². The maximum absolute atomic E-state index is 4.89. The van der Waals surface area contributed by atoms with Crippen molar-refractivity contribution in [2.45, 2.75) is 27.7 Å². The van der Waals surface area contributed by atoms with Crippen LogP contribution in [-0.4, -0.2) is 0 Å². The van der Waals surface area contributed by atoms with Gasteiger partial charge in [0.15, 0.2) is 0 Å². The van der Waals surface area contributed by atoms with E-state index < -0.39 is 17.0 Å². The van der Waals surface area contributed by atoms with E-state index in [0.717, 1.165) is 22.7 Å². The van der Waals surface area contributed by atoms with Crippen LogP contribution in [0.15, 0.2) is 60.7 Å². The molecule has 140 valence electrons. The molecule has 3 aromatic rings. The average molecular weight is 433 g/mol. The molecule has 0 aliphatic rings. The molecule has 0 fully saturated rings. The molecule has 5 heteroatoms. The Kier molecular flexibility index (Phi) is 8.72. The third-order valence-electron chi connectivity index (χ3n) is 4.07. The maximum atomic E-state index is 4.89. The molecule has 0 bridgehead atoms. The van der Waals surface area contributed by atoms with Crippen LogP contribution >= 0.6 is 18.6 Å². The minimum absolute atomic E-state index is 0.556. The van der Waals surface area contributed by atoms with Crippen LogP contribution in [0.5, 0.6) is 0 Å². The molecule has 0 amide bonds. The first kappa shape index (κ1) is 21.8. The molecule has 0 unspecified atom stereocenters. The van der Waals surface area contributed by atoms with Gasteiger partial charge in [-0.2, -0.15) is 11.4 Å². The van der Waals surface area contributed by atoms with Crippen molar-refractivity contribution in [1.29, 1.82) is 0 Å². The topological polar surface area (TPSA) is 28.2 Å². The normalized spacial score (nSPS) is 9.85. The van der Waals surface area contributed by atoms with E-state index in [-0.39, 0.29) is 0 Å². The van der Waals surface area contributed by atoms with Crippen LogP contribution in [0.3, 0.4) is 0 Å². The number of aryl methyl sites for hydroxylation is 4. The molecule has 0 atom stereocenters. The Bertz CT molecular complexity index is 825. The summed E-state index contributed by atoms with van der Waals surface area (Å²) in [4.78, 5) is 0. The van der Waals surface area contributed by atoms with Crippen molar-refractivity contribution >= 4 is 41.4 Å². The molecule has 3 rings (SSSR count). The zero-order valence-electron chi connectivity index (χ0n) is 15.9. The van der Waals surface area contributed by atoms with Gasteiger partial charge in [-0.1, -0.05) is 82.9 Å². The number of rotatable bonds is 4. The van der Waals surface area contributed by atoms with E-state index in [2.05, 4.69) is 64.1 Å². The molecule has 0 N–H and O–H groups in total. The molecule has 0 spiro atoms. The molecule has 0 saturated heterocycles. The van der Waals surface area contributed by atoms with E-state index in [1.165, 1.54) is 22.3 Å². The summed E-state index contributed by atoms with van der Waals surface area (Å²) in [6, 6.07) is 20.7. The summed E-state index contributed by atoms with van der Waals surface area (Å²) in [7, 11) is 9.78. The predicted octanol–water partition coefficient (Wildman–Crippen LogP) is 8.97. The quantitative estimate of drug-likeness (QED) is 0.368. The van der Waals surface area contributed by atoms with Gasteiger partial charge in [0.25, 0.3) is 0 Å². The molecule has 27 heavy (non-hydrogen) atoms. The molecule has 3 aromatic carbocycles. The molecule has 0 aliphatic heterocycles. The summed E-state index contributed by atoms with van der Waals surface area (Å²) in [6.07, 6.45) is 0. The van der Waals surface area contributed by atoms with Gasteiger partial charge in [0.2, 0.25) is 0 Å². The van der Waals surface area contributed by atoms with Gasteiger partial charge < -0.3 is 10.6 Å². The monoisotopic (exact) mass is 432 g/mol. The van der Waals surface area contributed by atoms with Gasteiger partial charge in [0, 0.05) is 0 Å². The second kappa shape index (κ2) is 10.8. The van der Waals surface area contributed by atoms with Crippen molar-refractivity contribution in [3.63, 3.8) is 0 Å². The Hall–Kier alpha value is -1.45. The fraction of sp³-hybridized carbons (Fsp3) is 0.182. The minimum atomic E-state index is -0.556. The molecule has 2 nitrogen and oxygen atoms in total. The molecule has 0 aromatic heterocycles. The van der Waals surface area contributed by atoms with E-state index in [4.69, 9.17) is 29.2 Å². The first-order valence-electron chi connectivity index (χ1n) is 8.58. The van der Waals surface area contributed by atoms with Gasteiger partial charge >= 0.3 is 35.6 Å². The summed E-state index contributed by atoms with van der Waals surface area (Å²) in [5, 5.41) is 9.66. The summed E-state index contributed by atoms with van der Waals surface area (Å²) in [6.45, 7) is 8.38. The molecule has 0 heterocycles. The molecule has 0 aliphatic carbocycles. The zero-order valence-corrected chi connectivity index (χ0v) is 19.0. The van der Waals surface area contributed by atoms with Gasteiger partial charge in [-0.05, 0) is 27.7 Å². The first-order chi connectivity index (χ1) is 12.9. The Balaban J connectivity index is 0.000000817. The van der Waals surface area contributed by atoms with Crippen LogP contribution in [0.4, 0.5) is 22.7 Å². The summed E-state index contributed by atoms with van der Waals surface area (Å²) in [5.41, 5.74) is 8.62. The second-order valence-corrected chi connectivity index (χ2v) is 8.94. The van der Waals surface area contributed by atoms with Gasteiger partial charge in [-0.15, -0.1) is 11.4 Å². The van der Waals surface area contributed by atoms with Crippen molar-refractivity contribution in [3.05, 3.63) is 93.6 Å². The number of nitrogens with zero attached hydrogens (tertiary/aromatic N) is 2. The van der Waals surface area contributed by atoms with Gasteiger partial charge in [-0.3, -0.25) is 0 Å². The van der Waals surface area contributed by atoms with Crippen molar-refractivity contribution in [3.8, 4) is 0 Å². The second-order valence-electron chi connectivity index (χ2n) is 6.36. The van der Waals surface area contributed by atoms with Gasteiger partial charge in [0.05, 0.1) is 0 Å². The molecule has 0 saturated carbocycles. The Morgan fingerprint density at radius 3 is 1.30 bits per heavy atom. The third kappa shape index (κ3) is 6.58. The standard InChI is InChI=1S/C22H22N2.2ClH.Ti/c1-15-9-11-19(17(3)13-15)23-21-7-5-6-8-22(21)24-20-12-10-16(2)14-18(20)4;;;/h5-14H,1-4H3;2*1H;/q-2;;;+2/p-2. The summed E-state index contributed by atoms with van der Waals surface area (Å²) < 4.78 is 0. The number of hydrogen-bond donors (Lipinski definition) is 0. The van der Waals surface area contributed by atoms with E-state index in [0.29, 0.717) is 0 Å². The Morgan fingerprint density at radius 2 is 0.963 bits per heavy atom. The van der Waals surface area contributed by atoms with Crippen LogP contribution in [-0.2, 0) is 17.0 Å². The van der Waals surface area contributed by atoms with E-state index in [1.807, 2.05) is 24.3 Å². The van der Waals surface area contributed by atoms with Crippen LogP contribution < -0.4 is 0 Å². The number of hydrogen-bond acceptors (Lipinski definition) is 0. The van der Waals surface area contributed by atoms with Crippen molar-refractivity contribution in [1.82, 2.24) is 0 Å². The SMILES string of the molecule is Cc1ccc([N-]c2ccccc2[N-]c2ccc(C)cc2C)c(C)c1.[Cl][Ti][Cl]. The average Bonchev–Trinajstić information content (AvgIpc) is 2.62. The zero-order chi connectivity index (χ0) is 19.8. The molecular weight excluding hydrogens is 411 g/mol. The van der Waals surface area contributed by atoms with E-state index >= 15 is 0 Å². The van der Waals surface area contributed by atoms with Crippen LogP contribution in [0, 0.1) is 27.7 Å². The molecular formula is C22H22Cl2N2Ti-2. The van der Waals surface area contributed by atoms with Crippen LogP contribution in [0.1, 0.15) is 22.3 Å². The van der Waals surface area contributed by atoms with E-state index in [1.54, 1.807) is 0 Å². The fourth-order valence-corrected chi connectivity index (χ4v) is 2.77. The number of benzene rings is 3. The van der Waals surface area contributed by atoms with Crippen molar-refractivity contribution in [2.24, 2.45) is 0 Å². The first-order valence-corrected chi connectivity index (χ1v) is 12.9. The summed E-state index contributed by atoms with van der Waals surface area (Å²) >= 11 is -0.556. The molecule has 0 radical (unpaired) electrons. The van der Waals surface area contributed by atoms with Crippen molar-refractivity contribution < 1.29 is 17.0 Å². The van der Waals surface area contributed by atoms with Gasteiger partial charge in [-0.25, -0.2) is 0 Å². The summed E-state index contributed by atoms with van der Waals surface area (Å²) in [5.74, 6) is 0.